The van der Waals surface area contributed by atoms with Gasteiger partial charge in [0, 0.05) is 29.3 Å². The van der Waals surface area contributed by atoms with Gasteiger partial charge in [-0.15, -0.1) is 0 Å². The lowest BCUT2D eigenvalue weighted by Crippen LogP contribution is -2.56. The van der Waals surface area contributed by atoms with Gasteiger partial charge < -0.3 is 9.64 Å². The van der Waals surface area contributed by atoms with Crippen molar-refractivity contribution in [1.29, 1.82) is 0 Å². The van der Waals surface area contributed by atoms with Crippen LogP contribution in [0.1, 0.15) is 59.6 Å². The lowest BCUT2D eigenvalue weighted by molar-refractivity contribution is 0.00642. The van der Waals surface area contributed by atoms with Crippen molar-refractivity contribution < 1.29 is 14.3 Å². The Bertz CT molecular complexity index is 1490. The minimum Gasteiger partial charge on any atom is -0.448 e. The first-order valence-corrected chi connectivity index (χ1v) is 13.7. The number of fused-ring (bicyclic) bond motifs is 6. The summed E-state index contributed by atoms with van der Waals surface area (Å²) in [6.45, 7) is 0.326. The predicted molar refractivity (Wildman–Crippen MR) is 147 cm³/mol. The molecule has 38 heavy (non-hydrogen) atoms. The third-order valence-corrected chi connectivity index (χ3v) is 8.74. The van der Waals surface area contributed by atoms with Gasteiger partial charge in [-0.2, -0.15) is 0 Å². The number of carbonyl (C=O) groups excluding carboxylic acids is 2. The molecule has 4 aromatic rings. The van der Waals surface area contributed by atoms with Crippen LogP contribution in [0, 0.1) is 5.92 Å². The van der Waals surface area contributed by atoms with Crippen LogP contribution in [-0.2, 0) is 4.74 Å². The van der Waals surface area contributed by atoms with E-state index < -0.39 is 0 Å². The Morgan fingerprint density at radius 2 is 1.42 bits per heavy atom. The third kappa shape index (κ3) is 3.89. The number of hydrogen-bond acceptors (Lipinski definition) is 4. The average molecular weight is 503 g/mol. The SMILES string of the molecule is O=C(c1ccc2ccccc2n1)C1CC2CCCC(C1)N2C(=O)OCC1c2ccccc2-c2ccccc21. The van der Waals surface area contributed by atoms with Crippen molar-refractivity contribution in [2.24, 2.45) is 5.92 Å². The molecule has 3 aromatic carbocycles. The van der Waals surface area contributed by atoms with Crippen LogP contribution in [0.15, 0.2) is 84.9 Å². The second-order valence-corrected chi connectivity index (χ2v) is 10.9. The van der Waals surface area contributed by atoms with Gasteiger partial charge in [0.2, 0.25) is 0 Å². The Kier molecular flexibility index (Phi) is 5.72. The van der Waals surface area contributed by atoms with Gasteiger partial charge in [0.1, 0.15) is 12.3 Å². The molecule has 3 heterocycles. The number of nitrogens with zero attached hydrogens (tertiary/aromatic N) is 2. The van der Waals surface area contributed by atoms with E-state index >= 15 is 0 Å². The first-order valence-electron chi connectivity index (χ1n) is 13.7. The topological polar surface area (TPSA) is 59.5 Å². The largest absolute Gasteiger partial charge is 0.448 e. The number of ketones is 1. The summed E-state index contributed by atoms with van der Waals surface area (Å²) in [4.78, 5) is 33.6. The monoisotopic (exact) mass is 502 g/mol. The Labute approximate surface area is 222 Å². The number of amides is 1. The van der Waals surface area contributed by atoms with Crippen molar-refractivity contribution in [1.82, 2.24) is 9.88 Å². The van der Waals surface area contributed by atoms with E-state index in [1.165, 1.54) is 22.3 Å². The number of aromatic nitrogens is 1. The molecule has 2 saturated heterocycles. The van der Waals surface area contributed by atoms with Crippen molar-refractivity contribution in [3.63, 3.8) is 0 Å². The zero-order valence-corrected chi connectivity index (χ0v) is 21.3. The normalized spacial score (nSPS) is 22.1. The van der Waals surface area contributed by atoms with Crippen LogP contribution in [0.3, 0.4) is 0 Å². The minimum atomic E-state index is -0.240. The minimum absolute atomic E-state index is 0.0348. The number of para-hydroxylation sites is 1. The number of pyridine rings is 1. The molecule has 2 atom stereocenters. The van der Waals surface area contributed by atoms with Gasteiger partial charge in [-0.25, -0.2) is 9.78 Å². The van der Waals surface area contributed by atoms with E-state index in [0.29, 0.717) is 25.1 Å². The number of hydrogen-bond donors (Lipinski definition) is 0. The molecule has 0 N–H and O–H groups in total. The Morgan fingerprint density at radius 3 is 2.13 bits per heavy atom. The molecule has 3 aliphatic rings. The summed E-state index contributed by atoms with van der Waals surface area (Å²) in [5.74, 6) is 0.0284. The lowest BCUT2D eigenvalue weighted by atomic mass is 9.76. The maximum Gasteiger partial charge on any atom is 0.410 e. The van der Waals surface area contributed by atoms with Crippen LogP contribution in [0.5, 0.6) is 0 Å². The molecule has 0 saturated carbocycles. The van der Waals surface area contributed by atoms with E-state index in [1.807, 2.05) is 41.3 Å². The number of piperidine rings is 2. The van der Waals surface area contributed by atoms with Crippen LogP contribution in [0.25, 0.3) is 22.0 Å². The molecule has 7 rings (SSSR count). The quantitative estimate of drug-likeness (QED) is 0.282. The first-order chi connectivity index (χ1) is 18.7. The molecule has 2 unspecified atom stereocenters. The summed E-state index contributed by atoms with van der Waals surface area (Å²) >= 11 is 0. The number of ether oxygens (including phenoxy) is 1. The summed E-state index contributed by atoms with van der Waals surface area (Å²) < 4.78 is 6.03. The fourth-order valence-corrected chi connectivity index (χ4v) is 6.97. The summed E-state index contributed by atoms with van der Waals surface area (Å²) in [5.41, 5.74) is 6.25. The second-order valence-electron chi connectivity index (χ2n) is 10.9. The maximum atomic E-state index is 13.5. The molecule has 5 heteroatoms. The highest BCUT2D eigenvalue weighted by Gasteiger charge is 2.44. The fourth-order valence-electron chi connectivity index (χ4n) is 6.97. The van der Waals surface area contributed by atoms with E-state index in [9.17, 15) is 9.59 Å². The molecule has 1 amide bonds. The van der Waals surface area contributed by atoms with Crippen LogP contribution >= 0.6 is 0 Å². The fraction of sp³-hybridized carbons (Fsp3) is 0.303. The summed E-state index contributed by atoms with van der Waals surface area (Å²) in [5, 5.41) is 1.03. The Balaban J connectivity index is 1.07. The second kappa shape index (κ2) is 9.39. The van der Waals surface area contributed by atoms with Gasteiger partial charge in [0.25, 0.3) is 0 Å². The highest BCUT2D eigenvalue weighted by molar-refractivity contribution is 5.98. The van der Waals surface area contributed by atoms with Crippen LogP contribution < -0.4 is 0 Å². The summed E-state index contributed by atoms with van der Waals surface area (Å²) in [7, 11) is 0. The van der Waals surface area contributed by atoms with E-state index in [0.717, 1.165) is 30.2 Å². The molecule has 1 aliphatic carbocycles. The Morgan fingerprint density at radius 1 is 0.789 bits per heavy atom. The molecule has 5 nitrogen and oxygen atoms in total. The average Bonchev–Trinajstić information content (AvgIpc) is 3.28. The zero-order valence-electron chi connectivity index (χ0n) is 21.3. The van der Waals surface area contributed by atoms with Crippen LogP contribution in [0.4, 0.5) is 4.79 Å². The standard InChI is InChI=1S/C33H30N2O3/c36-32(31-17-16-21-8-1-6-15-30(21)34-31)22-18-23-9-7-10-24(19-22)35(23)33(37)38-20-29-27-13-4-2-11-25(27)26-12-3-5-14-28(26)29/h1-6,8,11-17,22-24,29H,7,9-10,18-20H2. The van der Waals surface area contributed by atoms with Crippen molar-refractivity contribution in [2.75, 3.05) is 6.61 Å². The first kappa shape index (κ1) is 23.2. The van der Waals surface area contributed by atoms with Gasteiger partial charge in [0.15, 0.2) is 5.78 Å². The smallest absolute Gasteiger partial charge is 0.410 e. The van der Waals surface area contributed by atoms with Gasteiger partial charge in [-0.05, 0) is 66.5 Å². The molecule has 190 valence electrons. The third-order valence-electron chi connectivity index (χ3n) is 8.74. The zero-order chi connectivity index (χ0) is 25.6. The van der Waals surface area contributed by atoms with Gasteiger partial charge in [-0.3, -0.25) is 4.79 Å². The molecule has 0 radical (unpaired) electrons. The van der Waals surface area contributed by atoms with Gasteiger partial charge in [0.05, 0.1) is 5.52 Å². The van der Waals surface area contributed by atoms with Crippen LogP contribution in [0.2, 0.25) is 0 Å². The number of benzene rings is 3. The molecule has 1 aromatic heterocycles. The molecule has 0 spiro atoms. The predicted octanol–water partition coefficient (Wildman–Crippen LogP) is 7.00. The van der Waals surface area contributed by atoms with Crippen molar-refractivity contribution in [3.05, 3.63) is 102 Å². The van der Waals surface area contributed by atoms with E-state index in [4.69, 9.17) is 4.74 Å². The maximum absolute atomic E-state index is 13.5. The number of carbonyl (C=O) groups is 2. The van der Waals surface area contributed by atoms with Gasteiger partial charge >= 0.3 is 6.09 Å². The van der Waals surface area contributed by atoms with Gasteiger partial charge in [-0.1, -0.05) is 72.8 Å². The van der Waals surface area contributed by atoms with Crippen molar-refractivity contribution in [2.45, 2.75) is 50.1 Å². The molecule has 2 fully saturated rings. The number of rotatable bonds is 4. The summed E-state index contributed by atoms with van der Waals surface area (Å²) in [6, 6.07) is 28.6. The highest BCUT2D eigenvalue weighted by atomic mass is 16.6. The Hall–Kier alpha value is -3.99. The van der Waals surface area contributed by atoms with E-state index in [2.05, 4.69) is 53.5 Å². The van der Waals surface area contributed by atoms with Crippen molar-refractivity contribution in [3.8, 4) is 11.1 Å². The van der Waals surface area contributed by atoms with Crippen molar-refractivity contribution >= 4 is 22.8 Å². The highest BCUT2D eigenvalue weighted by Crippen LogP contribution is 2.45. The lowest BCUT2D eigenvalue weighted by Gasteiger charge is -2.47. The van der Waals surface area contributed by atoms with E-state index in [-0.39, 0.29) is 35.8 Å². The molecule has 2 bridgehead atoms. The van der Waals surface area contributed by atoms with Crippen LogP contribution in [-0.4, -0.2) is 40.5 Å². The number of Topliss-reactive ketones (excluding diaryl/α,β-unsaturated/α-hetero) is 1. The molecular weight excluding hydrogens is 472 g/mol. The molecular formula is C33H30N2O3. The molecule has 2 aliphatic heterocycles. The summed E-state index contributed by atoms with van der Waals surface area (Å²) in [6.07, 6.45) is 4.02. The van der Waals surface area contributed by atoms with E-state index in [1.54, 1.807) is 0 Å².